The first kappa shape index (κ1) is 9.26. The minimum atomic E-state index is 0.133. The van der Waals surface area contributed by atoms with Crippen LogP contribution in [-0.4, -0.2) is 11.7 Å². The Morgan fingerprint density at radius 2 is 2.21 bits per heavy atom. The maximum Gasteiger partial charge on any atom is 0.0540 e. The van der Waals surface area contributed by atoms with E-state index in [1.54, 1.807) is 11.3 Å². The molecule has 0 aliphatic heterocycles. The van der Waals surface area contributed by atoms with E-state index in [2.05, 4.69) is 35.4 Å². The number of thiophene rings is 1. The SMILES string of the molecule is OCCC#Cc1ccc2sccc2c1. The van der Waals surface area contributed by atoms with E-state index < -0.39 is 0 Å². The summed E-state index contributed by atoms with van der Waals surface area (Å²) in [5.74, 6) is 5.93. The largest absolute Gasteiger partial charge is 0.395 e. The predicted molar refractivity (Wildman–Crippen MR) is 60.4 cm³/mol. The zero-order valence-electron chi connectivity index (χ0n) is 7.66. The molecule has 1 aromatic carbocycles. The van der Waals surface area contributed by atoms with Gasteiger partial charge in [-0.25, -0.2) is 0 Å². The van der Waals surface area contributed by atoms with Crippen molar-refractivity contribution in [1.29, 1.82) is 0 Å². The van der Waals surface area contributed by atoms with Gasteiger partial charge in [-0.15, -0.1) is 11.3 Å². The number of hydrogen-bond donors (Lipinski definition) is 1. The summed E-state index contributed by atoms with van der Waals surface area (Å²) in [6.45, 7) is 0.133. The molecule has 0 aliphatic carbocycles. The summed E-state index contributed by atoms with van der Waals surface area (Å²) in [7, 11) is 0. The van der Waals surface area contributed by atoms with Crippen LogP contribution in [0.1, 0.15) is 12.0 Å². The molecule has 1 nitrogen and oxygen atoms in total. The van der Waals surface area contributed by atoms with E-state index in [0.717, 1.165) is 5.56 Å². The molecule has 0 aliphatic rings. The van der Waals surface area contributed by atoms with Gasteiger partial charge >= 0.3 is 0 Å². The lowest BCUT2D eigenvalue weighted by Crippen LogP contribution is -1.77. The van der Waals surface area contributed by atoms with Gasteiger partial charge in [-0.05, 0) is 35.0 Å². The summed E-state index contributed by atoms with van der Waals surface area (Å²) in [6.07, 6.45) is 0.543. The van der Waals surface area contributed by atoms with E-state index in [1.807, 2.05) is 6.07 Å². The fraction of sp³-hybridized carbons (Fsp3) is 0.167. The minimum absolute atomic E-state index is 0.133. The van der Waals surface area contributed by atoms with Crippen molar-refractivity contribution in [2.45, 2.75) is 6.42 Å². The Morgan fingerprint density at radius 3 is 3.07 bits per heavy atom. The highest BCUT2D eigenvalue weighted by Gasteiger charge is 1.94. The van der Waals surface area contributed by atoms with Crippen molar-refractivity contribution in [2.24, 2.45) is 0 Å². The van der Waals surface area contributed by atoms with Gasteiger partial charge in [0, 0.05) is 16.7 Å². The maximum absolute atomic E-state index is 8.58. The molecule has 0 spiro atoms. The fourth-order valence-electron chi connectivity index (χ4n) is 1.26. The summed E-state index contributed by atoms with van der Waals surface area (Å²) in [6, 6.07) is 8.28. The summed E-state index contributed by atoms with van der Waals surface area (Å²) in [5, 5.41) is 11.9. The van der Waals surface area contributed by atoms with Crippen molar-refractivity contribution in [3.8, 4) is 11.8 Å². The Kier molecular flexibility index (Phi) is 2.83. The molecule has 2 aromatic rings. The molecular formula is C12H10OS. The molecule has 1 N–H and O–H groups in total. The van der Waals surface area contributed by atoms with Gasteiger partial charge in [-0.1, -0.05) is 11.8 Å². The standard InChI is InChI=1S/C12H10OS/c13-7-2-1-3-10-4-5-12-11(9-10)6-8-14-12/h4-6,8-9,13H,2,7H2. The molecule has 0 amide bonds. The molecule has 0 fully saturated rings. The third kappa shape index (κ3) is 1.95. The number of fused-ring (bicyclic) bond motifs is 1. The molecule has 1 aromatic heterocycles. The molecule has 0 atom stereocenters. The molecule has 0 saturated carbocycles. The Hall–Kier alpha value is -1.30. The average molecular weight is 202 g/mol. The molecule has 0 radical (unpaired) electrons. The first-order valence-electron chi connectivity index (χ1n) is 4.47. The van der Waals surface area contributed by atoms with Crippen LogP contribution in [0.3, 0.4) is 0 Å². The van der Waals surface area contributed by atoms with Gasteiger partial charge in [-0.2, -0.15) is 0 Å². The first-order chi connectivity index (χ1) is 6.90. The molecule has 0 unspecified atom stereocenters. The number of aliphatic hydroxyl groups excluding tert-OH is 1. The van der Waals surface area contributed by atoms with E-state index in [4.69, 9.17) is 5.11 Å². The summed E-state index contributed by atoms with van der Waals surface area (Å²) in [4.78, 5) is 0. The van der Waals surface area contributed by atoms with Crippen LogP contribution < -0.4 is 0 Å². The smallest absolute Gasteiger partial charge is 0.0540 e. The predicted octanol–water partition coefficient (Wildman–Crippen LogP) is 2.64. The van der Waals surface area contributed by atoms with E-state index >= 15 is 0 Å². The number of aliphatic hydroxyl groups is 1. The molecule has 1 heterocycles. The van der Waals surface area contributed by atoms with Crippen LogP contribution >= 0.6 is 11.3 Å². The van der Waals surface area contributed by atoms with Gasteiger partial charge in [0.15, 0.2) is 0 Å². The third-order valence-electron chi connectivity index (χ3n) is 1.92. The minimum Gasteiger partial charge on any atom is -0.395 e. The number of benzene rings is 1. The van der Waals surface area contributed by atoms with E-state index in [-0.39, 0.29) is 6.61 Å². The van der Waals surface area contributed by atoms with Crippen LogP contribution in [0.15, 0.2) is 29.6 Å². The second kappa shape index (κ2) is 4.28. The lowest BCUT2D eigenvalue weighted by Gasteiger charge is -1.90. The Balaban J connectivity index is 2.31. The maximum atomic E-state index is 8.58. The molecule has 0 bridgehead atoms. The highest BCUT2D eigenvalue weighted by Crippen LogP contribution is 2.21. The summed E-state index contributed by atoms with van der Waals surface area (Å²) < 4.78 is 1.29. The lowest BCUT2D eigenvalue weighted by atomic mass is 10.2. The first-order valence-corrected chi connectivity index (χ1v) is 5.35. The monoisotopic (exact) mass is 202 g/mol. The van der Waals surface area contributed by atoms with E-state index in [0.29, 0.717) is 6.42 Å². The average Bonchev–Trinajstić information content (AvgIpc) is 2.65. The van der Waals surface area contributed by atoms with Crippen molar-refractivity contribution in [2.75, 3.05) is 6.61 Å². The topological polar surface area (TPSA) is 20.2 Å². The highest BCUT2D eigenvalue weighted by atomic mass is 32.1. The van der Waals surface area contributed by atoms with Gasteiger partial charge in [-0.3, -0.25) is 0 Å². The van der Waals surface area contributed by atoms with Gasteiger partial charge in [0.25, 0.3) is 0 Å². The quantitative estimate of drug-likeness (QED) is 0.705. The Morgan fingerprint density at radius 1 is 1.29 bits per heavy atom. The van der Waals surface area contributed by atoms with Crippen molar-refractivity contribution in [3.63, 3.8) is 0 Å². The van der Waals surface area contributed by atoms with Crippen molar-refractivity contribution in [3.05, 3.63) is 35.2 Å². The number of rotatable bonds is 1. The molecule has 2 heteroatoms. The highest BCUT2D eigenvalue weighted by molar-refractivity contribution is 7.17. The van der Waals surface area contributed by atoms with Gasteiger partial charge < -0.3 is 5.11 Å². The van der Waals surface area contributed by atoms with Gasteiger partial charge in [0.1, 0.15) is 0 Å². The third-order valence-corrected chi connectivity index (χ3v) is 2.82. The molecular weight excluding hydrogens is 192 g/mol. The molecule has 70 valence electrons. The van der Waals surface area contributed by atoms with Crippen LogP contribution in [0, 0.1) is 11.8 Å². The second-order valence-electron chi connectivity index (χ2n) is 2.95. The number of hydrogen-bond acceptors (Lipinski definition) is 2. The Bertz CT molecular complexity index is 487. The molecule has 14 heavy (non-hydrogen) atoms. The molecule has 2 rings (SSSR count). The zero-order valence-corrected chi connectivity index (χ0v) is 8.47. The van der Waals surface area contributed by atoms with E-state index in [9.17, 15) is 0 Å². The molecule has 0 saturated heterocycles. The van der Waals surface area contributed by atoms with Crippen LogP contribution in [0.4, 0.5) is 0 Å². The normalized spacial score (nSPS) is 9.79. The zero-order chi connectivity index (χ0) is 9.80. The van der Waals surface area contributed by atoms with Crippen molar-refractivity contribution < 1.29 is 5.11 Å². The lowest BCUT2D eigenvalue weighted by molar-refractivity contribution is 0.305. The van der Waals surface area contributed by atoms with E-state index in [1.165, 1.54) is 10.1 Å². The van der Waals surface area contributed by atoms with Crippen LogP contribution in [-0.2, 0) is 0 Å². The van der Waals surface area contributed by atoms with Gasteiger partial charge in [0.05, 0.1) is 6.61 Å². The summed E-state index contributed by atoms with van der Waals surface area (Å²) in [5.41, 5.74) is 1.02. The van der Waals surface area contributed by atoms with Crippen LogP contribution in [0.5, 0.6) is 0 Å². The second-order valence-corrected chi connectivity index (χ2v) is 3.90. The fourth-order valence-corrected chi connectivity index (χ4v) is 2.04. The summed E-state index contributed by atoms with van der Waals surface area (Å²) >= 11 is 1.74. The van der Waals surface area contributed by atoms with Crippen molar-refractivity contribution >= 4 is 21.4 Å². The Labute approximate surface area is 87.0 Å². The van der Waals surface area contributed by atoms with Crippen LogP contribution in [0.2, 0.25) is 0 Å². The van der Waals surface area contributed by atoms with Crippen molar-refractivity contribution in [1.82, 2.24) is 0 Å². The van der Waals surface area contributed by atoms with Crippen LogP contribution in [0.25, 0.3) is 10.1 Å². The van der Waals surface area contributed by atoms with Gasteiger partial charge in [0.2, 0.25) is 0 Å².